The van der Waals surface area contributed by atoms with E-state index in [1.54, 1.807) is 0 Å². The minimum absolute atomic E-state index is 0.388. The lowest BCUT2D eigenvalue weighted by molar-refractivity contribution is -0.138. The molecule has 0 aromatic heterocycles. The van der Waals surface area contributed by atoms with Gasteiger partial charge < -0.3 is 0 Å². The first-order chi connectivity index (χ1) is 7.25. The zero-order valence-electron chi connectivity index (χ0n) is 7.44. The number of hydrogen-bond donors (Lipinski definition) is 0. The van der Waals surface area contributed by atoms with Gasteiger partial charge in [-0.1, -0.05) is 6.07 Å². The Kier molecular flexibility index (Phi) is 3.06. The maximum Gasteiger partial charge on any atom is 0.417 e. The summed E-state index contributed by atoms with van der Waals surface area (Å²) in [6.07, 6.45) is -5.04. The van der Waals surface area contributed by atoms with Crippen molar-refractivity contribution in [3.8, 4) is 0 Å². The van der Waals surface area contributed by atoms with Gasteiger partial charge in [-0.15, -0.1) is 0 Å². The largest absolute Gasteiger partial charge is 0.417 e. The molecule has 2 nitrogen and oxygen atoms in total. The third kappa shape index (κ3) is 2.23. The third-order valence-electron chi connectivity index (χ3n) is 1.78. The average Bonchev–Trinajstić information content (AvgIpc) is 2.14. The SMILES string of the molecule is O=C(F)c1cccc(C(F)(F)F)c1C(=O)F. The molecule has 7 heteroatoms. The lowest BCUT2D eigenvalue weighted by atomic mass is 10.0. The molecule has 0 aliphatic carbocycles. The van der Waals surface area contributed by atoms with Gasteiger partial charge in [-0.2, -0.15) is 22.0 Å². The van der Waals surface area contributed by atoms with Crippen LogP contribution in [0.2, 0.25) is 0 Å². The summed E-state index contributed by atoms with van der Waals surface area (Å²) in [6, 6.07) is -3.10. The smallest absolute Gasteiger partial charge is 0.255 e. The number of alkyl halides is 3. The summed E-state index contributed by atoms with van der Waals surface area (Å²) in [5.74, 6) is 0. The number of carbonyl (C=O) groups is 2. The molecule has 86 valence electrons. The Bertz CT molecular complexity index is 450. The predicted octanol–water partition coefficient (Wildman–Crippen LogP) is 2.92. The van der Waals surface area contributed by atoms with Gasteiger partial charge in [0.1, 0.15) is 0 Å². The number of benzene rings is 1. The molecule has 0 fully saturated rings. The lowest BCUT2D eigenvalue weighted by Gasteiger charge is -2.10. The second-order valence-electron chi connectivity index (χ2n) is 2.77. The Labute approximate surface area is 85.7 Å². The van der Waals surface area contributed by atoms with Gasteiger partial charge in [0.05, 0.1) is 16.7 Å². The van der Waals surface area contributed by atoms with Crippen LogP contribution < -0.4 is 0 Å². The molecule has 0 unspecified atom stereocenters. The van der Waals surface area contributed by atoms with Crippen molar-refractivity contribution in [2.75, 3.05) is 0 Å². The molecule has 0 heterocycles. The predicted molar refractivity (Wildman–Crippen MR) is 42.3 cm³/mol. The Morgan fingerprint density at radius 1 is 1.00 bits per heavy atom. The molecule has 0 atom stereocenters. The number of hydrogen-bond acceptors (Lipinski definition) is 2. The Balaban J connectivity index is 3.58. The highest BCUT2D eigenvalue weighted by atomic mass is 19.4. The van der Waals surface area contributed by atoms with Crippen LogP contribution in [0.1, 0.15) is 26.3 Å². The summed E-state index contributed by atoms with van der Waals surface area (Å²) in [6.45, 7) is 0. The fourth-order valence-corrected chi connectivity index (χ4v) is 1.16. The molecule has 0 amide bonds. The molecule has 16 heavy (non-hydrogen) atoms. The molecule has 0 aliphatic rings. The van der Waals surface area contributed by atoms with Crippen LogP contribution in [0.3, 0.4) is 0 Å². The van der Waals surface area contributed by atoms with Gasteiger partial charge in [0.2, 0.25) is 0 Å². The zero-order valence-corrected chi connectivity index (χ0v) is 7.44. The maximum atomic E-state index is 12.4. The van der Waals surface area contributed by atoms with Crippen molar-refractivity contribution in [2.45, 2.75) is 6.18 Å². The van der Waals surface area contributed by atoms with Crippen LogP contribution in [0.25, 0.3) is 0 Å². The van der Waals surface area contributed by atoms with Crippen LogP contribution in [-0.2, 0) is 6.18 Å². The molecule has 0 bridgehead atoms. The molecular weight excluding hydrogens is 235 g/mol. The van der Waals surface area contributed by atoms with Crippen molar-refractivity contribution in [3.63, 3.8) is 0 Å². The van der Waals surface area contributed by atoms with E-state index in [1.807, 2.05) is 0 Å². The molecule has 0 aliphatic heterocycles. The van der Waals surface area contributed by atoms with Crippen LogP contribution in [0.4, 0.5) is 22.0 Å². The minimum atomic E-state index is -5.04. The van der Waals surface area contributed by atoms with Crippen molar-refractivity contribution in [1.29, 1.82) is 0 Å². The van der Waals surface area contributed by atoms with Crippen LogP contribution in [0, 0.1) is 0 Å². The van der Waals surface area contributed by atoms with Crippen molar-refractivity contribution in [2.24, 2.45) is 0 Å². The molecular formula is C9H3F5O2. The van der Waals surface area contributed by atoms with E-state index >= 15 is 0 Å². The van der Waals surface area contributed by atoms with Crippen LogP contribution in [-0.4, -0.2) is 12.1 Å². The van der Waals surface area contributed by atoms with E-state index in [9.17, 15) is 31.5 Å². The van der Waals surface area contributed by atoms with E-state index in [2.05, 4.69) is 0 Å². The summed E-state index contributed by atoms with van der Waals surface area (Å²) >= 11 is 0. The third-order valence-corrected chi connectivity index (χ3v) is 1.78. The average molecular weight is 238 g/mol. The van der Waals surface area contributed by atoms with Gasteiger partial charge in [-0.3, -0.25) is 9.59 Å². The van der Waals surface area contributed by atoms with Gasteiger partial charge in [-0.25, -0.2) is 0 Å². The van der Waals surface area contributed by atoms with Crippen LogP contribution >= 0.6 is 0 Å². The summed E-state index contributed by atoms with van der Waals surface area (Å²) in [5.41, 5.74) is -4.51. The standard InChI is InChI=1S/C9H3F5O2/c10-7(15)4-2-1-3-5(9(12,13)14)6(4)8(11)16/h1-3H. The molecule has 0 N–H and O–H groups in total. The Morgan fingerprint density at radius 2 is 1.56 bits per heavy atom. The second kappa shape index (κ2) is 3.99. The lowest BCUT2D eigenvalue weighted by Crippen LogP contribution is -2.14. The van der Waals surface area contributed by atoms with Crippen molar-refractivity contribution in [3.05, 3.63) is 34.9 Å². The summed E-state index contributed by atoms with van der Waals surface area (Å²) in [4.78, 5) is 20.6. The Hall–Kier alpha value is -1.79. The molecule has 1 aromatic carbocycles. The van der Waals surface area contributed by atoms with E-state index in [1.165, 1.54) is 0 Å². The molecule has 0 radical (unpaired) electrons. The highest BCUT2D eigenvalue weighted by Crippen LogP contribution is 2.34. The molecule has 0 saturated heterocycles. The highest BCUT2D eigenvalue weighted by molar-refractivity contribution is 6.03. The first-order valence-corrected chi connectivity index (χ1v) is 3.85. The number of carbonyl (C=O) groups excluding carboxylic acids is 2. The fraction of sp³-hybridized carbons (Fsp3) is 0.111. The summed E-state index contributed by atoms with van der Waals surface area (Å²) in [7, 11) is 0. The van der Waals surface area contributed by atoms with Crippen molar-refractivity contribution >= 4 is 12.1 Å². The topological polar surface area (TPSA) is 34.1 Å². The van der Waals surface area contributed by atoms with E-state index < -0.39 is 34.9 Å². The summed E-state index contributed by atoms with van der Waals surface area (Å²) in [5, 5.41) is 0. The van der Waals surface area contributed by atoms with Gasteiger partial charge in [-0.05, 0) is 12.1 Å². The second-order valence-corrected chi connectivity index (χ2v) is 2.77. The van der Waals surface area contributed by atoms with E-state index in [0.29, 0.717) is 18.2 Å². The van der Waals surface area contributed by atoms with Crippen molar-refractivity contribution < 1.29 is 31.5 Å². The van der Waals surface area contributed by atoms with E-state index in [-0.39, 0.29) is 0 Å². The first kappa shape index (κ1) is 12.3. The highest BCUT2D eigenvalue weighted by Gasteiger charge is 2.37. The zero-order chi connectivity index (χ0) is 12.5. The summed E-state index contributed by atoms with van der Waals surface area (Å²) < 4.78 is 61.6. The van der Waals surface area contributed by atoms with Crippen LogP contribution in [0.15, 0.2) is 18.2 Å². The minimum Gasteiger partial charge on any atom is -0.255 e. The van der Waals surface area contributed by atoms with E-state index in [4.69, 9.17) is 0 Å². The quantitative estimate of drug-likeness (QED) is 0.586. The van der Waals surface area contributed by atoms with Gasteiger partial charge in [0.15, 0.2) is 0 Å². The fourth-order valence-electron chi connectivity index (χ4n) is 1.16. The number of halogens is 5. The molecule has 0 spiro atoms. The van der Waals surface area contributed by atoms with Gasteiger partial charge >= 0.3 is 18.3 Å². The molecule has 1 rings (SSSR count). The normalized spacial score (nSPS) is 11.3. The number of rotatable bonds is 2. The van der Waals surface area contributed by atoms with E-state index in [0.717, 1.165) is 0 Å². The molecule has 0 saturated carbocycles. The first-order valence-electron chi connectivity index (χ1n) is 3.85. The van der Waals surface area contributed by atoms with Crippen molar-refractivity contribution in [1.82, 2.24) is 0 Å². The Morgan fingerprint density at radius 3 is 1.94 bits per heavy atom. The van der Waals surface area contributed by atoms with Gasteiger partial charge in [0, 0.05) is 0 Å². The molecule has 1 aromatic rings. The van der Waals surface area contributed by atoms with Gasteiger partial charge in [0.25, 0.3) is 0 Å². The maximum absolute atomic E-state index is 12.4. The van der Waals surface area contributed by atoms with Crippen LogP contribution in [0.5, 0.6) is 0 Å². The monoisotopic (exact) mass is 238 g/mol.